The number of hydrogen-bond acceptors (Lipinski definition) is 4. The molecule has 0 bridgehead atoms. The number of nitrogens with zero attached hydrogens (tertiary/aromatic N) is 1. The molecule has 1 saturated heterocycles. The van der Waals surface area contributed by atoms with E-state index in [0.29, 0.717) is 6.61 Å². The van der Waals surface area contributed by atoms with Gasteiger partial charge in [0.05, 0.1) is 18.2 Å². The first-order valence-electron chi connectivity index (χ1n) is 8.89. The second-order valence-electron chi connectivity index (χ2n) is 8.29. The van der Waals surface area contributed by atoms with Gasteiger partial charge in [-0.1, -0.05) is 6.92 Å². The molecular formula is C18H33NO4. The van der Waals surface area contributed by atoms with Crippen LogP contribution in [-0.4, -0.2) is 47.2 Å². The van der Waals surface area contributed by atoms with Crippen molar-refractivity contribution in [2.24, 2.45) is 0 Å². The zero-order chi connectivity index (χ0) is 17.3. The Balaban J connectivity index is 1.85. The van der Waals surface area contributed by atoms with E-state index in [4.69, 9.17) is 14.2 Å². The van der Waals surface area contributed by atoms with Crippen LogP contribution < -0.4 is 0 Å². The van der Waals surface area contributed by atoms with Crippen LogP contribution in [0.2, 0.25) is 0 Å². The third-order valence-corrected chi connectivity index (χ3v) is 4.71. The van der Waals surface area contributed by atoms with E-state index in [1.165, 1.54) is 12.8 Å². The third-order valence-electron chi connectivity index (χ3n) is 4.71. The molecule has 0 spiro atoms. The Morgan fingerprint density at radius 1 is 1.30 bits per heavy atom. The lowest BCUT2D eigenvalue weighted by atomic mass is 10.1. The van der Waals surface area contributed by atoms with Gasteiger partial charge in [-0.2, -0.15) is 0 Å². The first kappa shape index (κ1) is 18.5. The third kappa shape index (κ3) is 4.83. The topological polar surface area (TPSA) is 48.0 Å². The van der Waals surface area contributed by atoms with Crippen LogP contribution in [-0.2, 0) is 14.2 Å². The summed E-state index contributed by atoms with van der Waals surface area (Å²) in [5.41, 5.74) is -0.950. The van der Waals surface area contributed by atoms with Gasteiger partial charge in [0.15, 0.2) is 0 Å². The molecule has 1 saturated carbocycles. The molecule has 1 amide bonds. The second-order valence-corrected chi connectivity index (χ2v) is 8.29. The highest BCUT2D eigenvalue weighted by molar-refractivity contribution is 5.69. The summed E-state index contributed by atoms with van der Waals surface area (Å²) in [5.74, 6) is 0. The summed E-state index contributed by atoms with van der Waals surface area (Å²) >= 11 is 0. The van der Waals surface area contributed by atoms with Gasteiger partial charge in [-0.15, -0.1) is 0 Å². The molecule has 0 aromatic rings. The SMILES string of the molecule is CCC1(OCCCC2COC(C)(C)N2C(=O)OC(C)(C)C)CC1. The minimum absolute atomic E-state index is 0.0558. The van der Waals surface area contributed by atoms with E-state index in [1.54, 1.807) is 4.90 Å². The molecule has 1 aliphatic carbocycles. The van der Waals surface area contributed by atoms with Gasteiger partial charge < -0.3 is 14.2 Å². The van der Waals surface area contributed by atoms with Crippen LogP contribution >= 0.6 is 0 Å². The minimum atomic E-state index is -0.616. The molecule has 0 N–H and O–H groups in total. The summed E-state index contributed by atoms with van der Waals surface area (Å²) in [7, 11) is 0. The highest BCUT2D eigenvalue weighted by Crippen LogP contribution is 2.42. The molecule has 1 aliphatic heterocycles. The number of ether oxygens (including phenoxy) is 3. The molecule has 5 nitrogen and oxygen atoms in total. The summed E-state index contributed by atoms with van der Waals surface area (Å²) in [4.78, 5) is 14.3. The fraction of sp³-hybridized carbons (Fsp3) is 0.944. The predicted molar refractivity (Wildman–Crippen MR) is 89.3 cm³/mol. The summed E-state index contributed by atoms with van der Waals surface area (Å²) < 4.78 is 17.4. The molecule has 2 aliphatic rings. The second kappa shape index (κ2) is 6.60. The lowest BCUT2D eigenvalue weighted by Gasteiger charge is -2.35. The van der Waals surface area contributed by atoms with E-state index in [0.717, 1.165) is 25.9 Å². The molecule has 1 heterocycles. The molecule has 1 atom stereocenters. The van der Waals surface area contributed by atoms with E-state index < -0.39 is 11.3 Å². The molecule has 23 heavy (non-hydrogen) atoms. The number of carbonyl (C=O) groups excluding carboxylic acids is 1. The Morgan fingerprint density at radius 2 is 1.96 bits per heavy atom. The quantitative estimate of drug-likeness (QED) is 0.689. The molecule has 0 aromatic heterocycles. The zero-order valence-electron chi connectivity index (χ0n) is 15.6. The first-order valence-corrected chi connectivity index (χ1v) is 8.89. The lowest BCUT2D eigenvalue weighted by Crippen LogP contribution is -2.49. The minimum Gasteiger partial charge on any atom is -0.444 e. The zero-order valence-corrected chi connectivity index (χ0v) is 15.6. The van der Waals surface area contributed by atoms with Crippen molar-refractivity contribution in [3.05, 3.63) is 0 Å². The van der Waals surface area contributed by atoms with E-state index in [1.807, 2.05) is 34.6 Å². The van der Waals surface area contributed by atoms with Gasteiger partial charge in [-0.25, -0.2) is 4.79 Å². The molecular weight excluding hydrogens is 294 g/mol. The molecule has 2 fully saturated rings. The maximum atomic E-state index is 12.5. The fourth-order valence-corrected chi connectivity index (χ4v) is 3.12. The maximum Gasteiger partial charge on any atom is 0.412 e. The van der Waals surface area contributed by atoms with Crippen LogP contribution in [0.1, 0.15) is 73.6 Å². The van der Waals surface area contributed by atoms with Crippen molar-refractivity contribution in [3.63, 3.8) is 0 Å². The molecule has 2 rings (SSSR count). The largest absolute Gasteiger partial charge is 0.444 e. The van der Waals surface area contributed by atoms with Crippen molar-refractivity contribution in [3.8, 4) is 0 Å². The summed E-state index contributed by atoms with van der Waals surface area (Å²) in [6.07, 6.45) is 4.99. The van der Waals surface area contributed by atoms with Crippen LogP contribution in [0.3, 0.4) is 0 Å². The first-order chi connectivity index (χ1) is 10.6. The predicted octanol–water partition coefficient (Wildman–Crippen LogP) is 4.10. The van der Waals surface area contributed by atoms with Crippen molar-refractivity contribution in [1.29, 1.82) is 0 Å². The molecule has 134 valence electrons. The van der Waals surface area contributed by atoms with Gasteiger partial charge in [0.25, 0.3) is 0 Å². The number of carbonyl (C=O) groups is 1. The van der Waals surface area contributed by atoms with Gasteiger partial charge in [-0.05, 0) is 66.7 Å². The Morgan fingerprint density at radius 3 is 2.48 bits per heavy atom. The lowest BCUT2D eigenvalue weighted by molar-refractivity contribution is -0.0631. The van der Waals surface area contributed by atoms with Crippen LogP contribution in [0.4, 0.5) is 4.79 Å². The molecule has 0 aromatic carbocycles. The van der Waals surface area contributed by atoms with Gasteiger partial charge >= 0.3 is 6.09 Å². The van der Waals surface area contributed by atoms with Crippen LogP contribution in [0.5, 0.6) is 0 Å². The van der Waals surface area contributed by atoms with E-state index >= 15 is 0 Å². The van der Waals surface area contributed by atoms with Crippen LogP contribution in [0.25, 0.3) is 0 Å². The van der Waals surface area contributed by atoms with Crippen molar-refractivity contribution in [1.82, 2.24) is 4.90 Å². The Kier molecular flexibility index (Phi) is 5.31. The normalized spacial score (nSPS) is 25.5. The summed E-state index contributed by atoms with van der Waals surface area (Å²) in [5, 5.41) is 0. The fourth-order valence-electron chi connectivity index (χ4n) is 3.12. The smallest absolute Gasteiger partial charge is 0.412 e. The summed E-state index contributed by atoms with van der Waals surface area (Å²) in [6, 6.07) is 0.0558. The van der Waals surface area contributed by atoms with E-state index in [-0.39, 0.29) is 17.7 Å². The summed E-state index contributed by atoms with van der Waals surface area (Å²) in [6.45, 7) is 13.0. The van der Waals surface area contributed by atoms with Crippen molar-refractivity contribution >= 4 is 6.09 Å². The highest BCUT2D eigenvalue weighted by Gasteiger charge is 2.45. The van der Waals surface area contributed by atoms with Gasteiger partial charge in [0.1, 0.15) is 11.3 Å². The van der Waals surface area contributed by atoms with Crippen LogP contribution in [0.15, 0.2) is 0 Å². The highest BCUT2D eigenvalue weighted by atomic mass is 16.6. The average molecular weight is 327 g/mol. The van der Waals surface area contributed by atoms with Crippen LogP contribution in [0, 0.1) is 0 Å². The monoisotopic (exact) mass is 327 g/mol. The maximum absolute atomic E-state index is 12.5. The van der Waals surface area contributed by atoms with E-state index in [2.05, 4.69) is 6.92 Å². The number of amides is 1. The van der Waals surface area contributed by atoms with Gasteiger partial charge in [0.2, 0.25) is 0 Å². The standard InChI is InChI=1S/C18H33NO4/c1-7-18(10-11-18)21-12-8-9-14-13-22-17(5,6)19(14)15(20)23-16(2,3)4/h14H,7-13H2,1-6H3. The molecule has 5 heteroatoms. The van der Waals surface area contributed by atoms with Crippen molar-refractivity contribution in [2.45, 2.75) is 96.6 Å². The van der Waals surface area contributed by atoms with Crippen molar-refractivity contribution in [2.75, 3.05) is 13.2 Å². The van der Waals surface area contributed by atoms with Gasteiger partial charge in [-0.3, -0.25) is 4.90 Å². The Labute approximate surface area is 140 Å². The average Bonchev–Trinajstić information content (AvgIpc) is 3.12. The van der Waals surface area contributed by atoms with Crippen molar-refractivity contribution < 1.29 is 19.0 Å². The Bertz CT molecular complexity index is 423. The van der Waals surface area contributed by atoms with E-state index in [9.17, 15) is 4.79 Å². The number of rotatable bonds is 6. The van der Waals surface area contributed by atoms with Gasteiger partial charge in [0, 0.05) is 6.61 Å². The number of hydrogen-bond donors (Lipinski definition) is 0. The Hall–Kier alpha value is -0.810. The molecule has 1 unspecified atom stereocenters. The molecule has 0 radical (unpaired) electrons.